The normalized spacial score (nSPS) is 26.5. The highest BCUT2D eigenvalue weighted by Gasteiger charge is 2.21. The van der Waals surface area contributed by atoms with Gasteiger partial charge in [-0.2, -0.15) is 0 Å². The van der Waals surface area contributed by atoms with Crippen molar-refractivity contribution >= 4 is 0 Å². The SMILES string of the molecule is C=C(OC)C1CCCCN1C. The van der Waals surface area contributed by atoms with Crippen LogP contribution in [0.4, 0.5) is 0 Å². The maximum absolute atomic E-state index is 5.12. The molecule has 0 amide bonds. The van der Waals surface area contributed by atoms with E-state index < -0.39 is 0 Å². The molecule has 0 bridgehead atoms. The van der Waals surface area contributed by atoms with Crippen molar-refractivity contribution in [2.45, 2.75) is 25.3 Å². The second kappa shape index (κ2) is 3.77. The van der Waals surface area contributed by atoms with Gasteiger partial charge in [0.2, 0.25) is 0 Å². The molecule has 0 aromatic heterocycles. The zero-order valence-corrected chi connectivity index (χ0v) is 7.47. The molecule has 1 saturated heterocycles. The van der Waals surface area contributed by atoms with E-state index in [0.29, 0.717) is 6.04 Å². The minimum Gasteiger partial charge on any atom is -0.500 e. The van der Waals surface area contributed by atoms with Gasteiger partial charge < -0.3 is 4.74 Å². The summed E-state index contributed by atoms with van der Waals surface area (Å²) in [7, 11) is 3.83. The molecule has 11 heavy (non-hydrogen) atoms. The van der Waals surface area contributed by atoms with Crippen LogP contribution in [-0.4, -0.2) is 31.6 Å². The molecule has 2 nitrogen and oxygen atoms in total. The number of methoxy groups -OCH3 is 1. The highest BCUT2D eigenvalue weighted by atomic mass is 16.5. The van der Waals surface area contributed by atoms with Gasteiger partial charge in [-0.15, -0.1) is 0 Å². The molecule has 1 fully saturated rings. The third-order valence-electron chi connectivity index (χ3n) is 2.40. The summed E-state index contributed by atoms with van der Waals surface area (Å²) in [4.78, 5) is 2.31. The predicted octanol–water partition coefficient (Wildman–Crippen LogP) is 1.63. The maximum atomic E-state index is 5.12. The Labute approximate surface area is 68.8 Å². The Hall–Kier alpha value is -0.500. The molecule has 64 valence electrons. The van der Waals surface area contributed by atoms with Crippen LogP contribution < -0.4 is 0 Å². The molecule has 1 aliphatic rings. The summed E-state index contributed by atoms with van der Waals surface area (Å²) >= 11 is 0. The molecule has 1 unspecified atom stereocenters. The fourth-order valence-corrected chi connectivity index (χ4v) is 1.62. The van der Waals surface area contributed by atoms with Gasteiger partial charge in [0.25, 0.3) is 0 Å². The van der Waals surface area contributed by atoms with Crippen LogP contribution in [0.2, 0.25) is 0 Å². The van der Waals surface area contributed by atoms with Gasteiger partial charge in [-0.1, -0.05) is 13.0 Å². The van der Waals surface area contributed by atoms with Crippen molar-refractivity contribution in [2.75, 3.05) is 20.7 Å². The molecule has 1 heterocycles. The zero-order chi connectivity index (χ0) is 8.27. The van der Waals surface area contributed by atoms with Gasteiger partial charge in [0.1, 0.15) is 5.76 Å². The fraction of sp³-hybridized carbons (Fsp3) is 0.778. The van der Waals surface area contributed by atoms with Crippen molar-refractivity contribution in [1.29, 1.82) is 0 Å². The number of ether oxygens (including phenoxy) is 1. The van der Waals surface area contributed by atoms with Crippen LogP contribution in [0.25, 0.3) is 0 Å². The molecule has 1 rings (SSSR count). The molecule has 0 N–H and O–H groups in total. The average Bonchev–Trinajstić information content (AvgIpc) is 2.04. The zero-order valence-electron chi connectivity index (χ0n) is 7.47. The van der Waals surface area contributed by atoms with E-state index in [1.807, 2.05) is 0 Å². The molecular formula is C9H17NO. The molecule has 2 heteroatoms. The Morgan fingerprint density at radius 3 is 2.82 bits per heavy atom. The monoisotopic (exact) mass is 155 g/mol. The number of hydrogen-bond donors (Lipinski definition) is 0. The first kappa shape index (κ1) is 8.60. The smallest absolute Gasteiger partial charge is 0.105 e. The number of rotatable bonds is 2. The van der Waals surface area contributed by atoms with Gasteiger partial charge >= 0.3 is 0 Å². The van der Waals surface area contributed by atoms with Gasteiger partial charge in [-0.3, -0.25) is 4.90 Å². The average molecular weight is 155 g/mol. The molecule has 1 atom stereocenters. The quantitative estimate of drug-likeness (QED) is 0.562. The summed E-state index contributed by atoms with van der Waals surface area (Å²) < 4.78 is 5.12. The standard InChI is InChI=1S/C9H17NO/c1-8(11-3)9-6-4-5-7-10(9)2/h9H,1,4-7H2,2-3H3. The minimum atomic E-state index is 0.453. The Morgan fingerprint density at radius 1 is 1.55 bits per heavy atom. The Balaban J connectivity index is 2.47. The summed E-state index contributed by atoms with van der Waals surface area (Å²) in [6.07, 6.45) is 3.81. The number of hydrogen-bond acceptors (Lipinski definition) is 2. The van der Waals surface area contributed by atoms with E-state index in [4.69, 9.17) is 4.74 Å². The van der Waals surface area contributed by atoms with E-state index in [1.54, 1.807) is 7.11 Å². The molecule has 0 saturated carbocycles. The van der Waals surface area contributed by atoms with E-state index in [1.165, 1.54) is 25.8 Å². The summed E-state index contributed by atoms with van der Waals surface area (Å²) in [5.41, 5.74) is 0. The first-order chi connectivity index (χ1) is 5.25. The maximum Gasteiger partial charge on any atom is 0.105 e. The summed E-state index contributed by atoms with van der Waals surface area (Å²) in [5.74, 6) is 0.909. The number of likely N-dealkylation sites (tertiary alicyclic amines) is 1. The third kappa shape index (κ3) is 1.96. The van der Waals surface area contributed by atoms with E-state index >= 15 is 0 Å². The summed E-state index contributed by atoms with van der Waals surface area (Å²) in [5, 5.41) is 0. The van der Waals surface area contributed by atoms with Crippen LogP contribution in [0.5, 0.6) is 0 Å². The molecule has 0 aromatic rings. The molecule has 0 aromatic carbocycles. The lowest BCUT2D eigenvalue weighted by Gasteiger charge is -2.32. The third-order valence-corrected chi connectivity index (χ3v) is 2.40. The van der Waals surface area contributed by atoms with Crippen LogP contribution in [0.1, 0.15) is 19.3 Å². The number of piperidine rings is 1. The topological polar surface area (TPSA) is 12.5 Å². The molecule has 0 spiro atoms. The second-order valence-corrected chi connectivity index (χ2v) is 3.16. The van der Waals surface area contributed by atoms with Crippen molar-refractivity contribution < 1.29 is 4.74 Å². The van der Waals surface area contributed by atoms with Crippen LogP contribution in [0.15, 0.2) is 12.3 Å². The van der Waals surface area contributed by atoms with Gasteiger partial charge in [-0.25, -0.2) is 0 Å². The lowest BCUT2D eigenvalue weighted by Crippen LogP contribution is -2.37. The van der Waals surface area contributed by atoms with Crippen molar-refractivity contribution in [3.05, 3.63) is 12.3 Å². The predicted molar refractivity (Wildman–Crippen MR) is 46.4 cm³/mol. The first-order valence-electron chi connectivity index (χ1n) is 4.18. The van der Waals surface area contributed by atoms with Crippen molar-refractivity contribution in [3.63, 3.8) is 0 Å². The van der Waals surface area contributed by atoms with E-state index in [0.717, 1.165) is 5.76 Å². The molecule has 0 aliphatic carbocycles. The Bertz CT molecular complexity index is 144. The lowest BCUT2D eigenvalue weighted by atomic mass is 10.0. The van der Waals surface area contributed by atoms with E-state index in [2.05, 4.69) is 18.5 Å². The van der Waals surface area contributed by atoms with Crippen LogP contribution in [-0.2, 0) is 4.74 Å². The fourth-order valence-electron chi connectivity index (χ4n) is 1.62. The van der Waals surface area contributed by atoms with Crippen molar-refractivity contribution in [2.24, 2.45) is 0 Å². The lowest BCUT2D eigenvalue weighted by molar-refractivity contribution is 0.143. The number of likely N-dealkylation sites (N-methyl/N-ethyl adjacent to an activating group) is 1. The van der Waals surface area contributed by atoms with Gasteiger partial charge in [0.15, 0.2) is 0 Å². The molecule has 1 aliphatic heterocycles. The van der Waals surface area contributed by atoms with Gasteiger partial charge in [0.05, 0.1) is 13.2 Å². The molecular weight excluding hydrogens is 138 g/mol. The highest BCUT2D eigenvalue weighted by Crippen LogP contribution is 2.20. The van der Waals surface area contributed by atoms with Crippen molar-refractivity contribution in [1.82, 2.24) is 4.90 Å². The Morgan fingerprint density at radius 2 is 2.27 bits per heavy atom. The van der Waals surface area contributed by atoms with E-state index in [9.17, 15) is 0 Å². The first-order valence-corrected chi connectivity index (χ1v) is 4.18. The largest absolute Gasteiger partial charge is 0.500 e. The summed E-state index contributed by atoms with van der Waals surface area (Å²) in [6, 6.07) is 0.453. The highest BCUT2D eigenvalue weighted by molar-refractivity contribution is 4.98. The Kier molecular flexibility index (Phi) is 2.94. The minimum absolute atomic E-state index is 0.453. The van der Waals surface area contributed by atoms with Gasteiger partial charge in [0, 0.05) is 0 Å². The van der Waals surface area contributed by atoms with Crippen LogP contribution in [0.3, 0.4) is 0 Å². The van der Waals surface area contributed by atoms with Crippen LogP contribution in [0, 0.1) is 0 Å². The van der Waals surface area contributed by atoms with Gasteiger partial charge in [-0.05, 0) is 26.4 Å². The summed E-state index contributed by atoms with van der Waals surface area (Å²) in [6.45, 7) is 5.06. The van der Waals surface area contributed by atoms with Crippen LogP contribution >= 0.6 is 0 Å². The second-order valence-electron chi connectivity index (χ2n) is 3.16. The van der Waals surface area contributed by atoms with Crippen molar-refractivity contribution in [3.8, 4) is 0 Å². The van der Waals surface area contributed by atoms with E-state index in [-0.39, 0.29) is 0 Å². The molecule has 0 radical (unpaired) electrons. The number of nitrogens with zero attached hydrogens (tertiary/aromatic N) is 1.